The highest BCUT2D eigenvalue weighted by Crippen LogP contribution is 2.19. The maximum Gasteiger partial charge on any atom is 0.251 e. The fourth-order valence-corrected chi connectivity index (χ4v) is 4.59. The van der Waals surface area contributed by atoms with E-state index in [2.05, 4.69) is 12.2 Å². The summed E-state index contributed by atoms with van der Waals surface area (Å²) in [6.45, 7) is 4.79. The maximum atomic E-state index is 12.5. The van der Waals surface area contributed by atoms with Gasteiger partial charge in [-0.2, -0.15) is 0 Å². The normalized spacial score (nSPS) is 11.5. The van der Waals surface area contributed by atoms with Crippen molar-refractivity contribution in [3.63, 3.8) is 0 Å². The Bertz CT molecular complexity index is 902. The van der Waals surface area contributed by atoms with Gasteiger partial charge in [-0.3, -0.25) is 4.79 Å². The van der Waals surface area contributed by atoms with Gasteiger partial charge in [0, 0.05) is 11.3 Å². The molecular weight excluding hydrogens is 470 g/mol. The van der Waals surface area contributed by atoms with Crippen LogP contribution < -0.4 is 10.1 Å². The van der Waals surface area contributed by atoms with Crippen LogP contribution in [0.4, 0.5) is 5.69 Å². The lowest BCUT2D eigenvalue weighted by Gasteiger charge is -2.09. The number of ether oxygens (including phenoxy) is 1. The molecular formula is C34H51NO3. The summed E-state index contributed by atoms with van der Waals surface area (Å²) in [5, 5.41) is 12.3. The molecule has 2 aromatic carbocycles. The highest BCUT2D eigenvalue weighted by Gasteiger charge is 2.06. The Labute approximate surface area is 231 Å². The summed E-state index contributed by atoms with van der Waals surface area (Å²) in [6.07, 6.45) is 23.7. The Hall–Kier alpha value is -2.75. The molecule has 0 unspecified atom stereocenters. The van der Waals surface area contributed by atoms with Crippen molar-refractivity contribution in [3.05, 3.63) is 59.7 Å². The van der Waals surface area contributed by atoms with Crippen molar-refractivity contribution in [1.82, 2.24) is 0 Å². The van der Waals surface area contributed by atoms with Crippen LogP contribution in [0.1, 0.15) is 122 Å². The third-order valence-corrected chi connectivity index (χ3v) is 7.01. The number of amides is 1. The molecule has 0 atom stereocenters. The van der Waals surface area contributed by atoms with E-state index < -0.39 is 0 Å². The van der Waals surface area contributed by atoms with Gasteiger partial charge in [0.05, 0.1) is 6.61 Å². The van der Waals surface area contributed by atoms with Crippen molar-refractivity contribution < 1.29 is 14.6 Å². The molecule has 1 amide bonds. The van der Waals surface area contributed by atoms with Gasteiger partial charge in [-0.05, 0) is 61.4 Å². The summed E-state index contributed by atoms with van der Waals surface area (Å²) in [6, 6.07) is 14.3. The number of nitrogens with one attached hydrogen (secondary N) is 1. The highest BCUT2D eigenvalue weighted by molar-refractivity contribution is 6.06. The van der Waals surface area contributed by atoms with Gasteiger partial charge in [-0.25, -0.2) is 0 Å². The van der Waals surface area contributed by atoms with Gasteiger partial charge in [0.25, 0.3) is 5.91 Å². The van der Waals surface area contributed by atoms with Crippen LogP contribution in [0.25, 0.3) is 6.08 Å². The molecule has 4 nitrogen and oxygen atoms in total. The monoisotopic (exact) mass is 521 g/mol. The number of hydrogen-bond acceptors (Lipinski definition) is 3. The van der Waals surface area contributed by atoms with Crippen LogP contribution in [0, 0.1) is 0 Å². The van der Waals surface area contributed by atoms with Crippen LogP contribution in [0.2, 0.25) is 0 Å². The van der Waals surface area contributed by atoms with E-state index in [4.69, 9.17) is 4.74 Å². The number of benzene rings is 2. The second-order valence-electron chi connectivity index (χ2n) is 10.5. The first kappa shape index (κ1) is 31.5. The van der Waals surface area contributed by atoms with Crippen molar-refractivity contribution in [1.29, 1.82) is 0 Å². The first-order valence-corrected chi connectivity index (χ1v) is 15.1. The Balaban J connectivity index is 1.45. The highest BCUT2D eigenvalue weighted by atomic mass is 16.5. The van der Waals surface area contributed by atoms with Crippen LogP contribution in [0.15, 0.2) is 54.1 Å². The number of hydrogen-bond donors (Lipinski definition) is 2. The van der Waals surface area contributed by atoms with E-state index in [0.717, 1.165) is 30.0 Å². The van der Waals surface area contributed by atoms with Gasteiger partial charge in [-0.15, -0.1) is 0 Å². The molecule has 0 bridgehead atoms. The van der Waals surface area contributed by atoms with Gasteiger partial charge < -0.3 is 15.2 Å². The quantitative estimate of drug-likeness (QED) is 0.127. The summed E-state index contributed by atoms with van der Waals surface area (Å²) in [5.41, 5.74) is 2.20. The van der Waals surface area contributed by atoms with Crippen LogP contribution in [0.5, 0.6) is 11.5 Å². The molecule has 2 N–H and O–H groups in total. The van der Waals surface area contributed by atoms with Crippen molar-refractivity contribution in [2.24, 2.45) is 0 Å². The molecule has 0 saturated carbocycles. The third-order valence-electron chi connectivity index (χ3n) is 7.01. The number of phenolic OH excluding ortho intramolecular Hbond substituents is 1. The largest absolute Gasteiger partial charge is 0.508 e. The number of unbranched alkanes of at least 4 members (excludes halogenated alkanes) is 15. The van der Waals surface area contributed by atoms with Crippen molar-refractivity contribution >= 4 is 17.7 Å². The number of carbonyl (C=O) groups is 1. The molecule has 0 aliphatic heterocycles. The lowest BCUT2D eigenvalue weighted by molar-refractivity contribution is -0.112. The molecule has 38 heavy (non-hydrogen) atoms. The molecule has 0 aromatic heterocycles. The number of aromatic hydroxyl groups is 1. The summed E-state index contributed by atoms with van der Waals surface area (Å²) in [5.74, 6) is 0.890. The Morgan fingerprint density at radius 3 is 1.68 bits per heavy atom. The zero-order valence-electron chi connectivity index (χ0n) is 24.0. The summed E-state index contributed by atoms with van der Waals surface area (Å²) >= 11 is 0. The Morgan fingerprint density at radius 2 is 1.18 bits per heavy atom. The number of phenols is 1. The SMILES string of the molecule is CCCCCCCCCCCCCCCCCCOc1ccc(NC(=O)C(C)=Cc2ccc(O)cc2)cc1. The second-order valence-corrected chi connectivity index (χ2v) is 10.5. The molecule has 0 fully saturated rings. The van der Waals surface area contributed by atoms with Crippen LogP contribution in [-0.2, 0) is 4.79 Å². The summed E-state index contributed by atoms with van der Waals surface area (Å²) < 4.78 is 5.88. The lowest BCUT2D eigenvalue weighted by atomic mass is 10.0. The van der Waals surface area contributed by atoms with E-state index in [1.54, 1.807) is 37.3 Å². The Kier molecular flexibility index (Phi) is 16.8. The molecule has 210 valence electrons. The molecule has 0 spiro atoms. The smallest absolute Gasteiger partial charge is 0.251 e. The topological polar surface area (TPSA) is 58.6 Å². The minimum atomic E-state index is -0.153. The average molecular weight is 522 g/mol. The zero-order chi connectivity index (χ0) is 27.3. The maximum absolute atomic E-state index is 12.5. The van der Waals surface area contributed by atoms with E-state index in [1.165, 1.54) is 96.3 Å². The van der Waals surface area contributed by atoms with Crippen molar-refractivity contribution in [2.45, 2.75) is 117 Å². The number of rotatable bonds is 21. The van der Waals surface area contributed by atoms with Gasteiger partial charge in [0.15, 0.2) is 0 Å². The average Bonchev–Trinajstić information content (AvgIpc) is 2.92. The van der Waals surface area contributed by atoms with Crippen LogP contribution in [-0.4, -0.2) is 17.6 Å². The predicted octanol–water partition coefficient (Wildman–Crippen LogP) is 10.1. The fourth-order valence-electron chi connectivity index (χ4n) is 4.59. The van der Waals surface area contributed by atoms with E-state index in [0.29, 0.717) is 5.57 Å². The van der Waals surface area contributed by atoms with Gasteiger partial charge in [0.2, 0.25) is 0 Å². The first-order chi connectivity index (χ1) is 18.6. The molecule has 0 aliphatic rings. The first-order valence-electron chi connectivity index (χ1n) is 15.1. The van der Waals surface area contributed by atoms with Gasteiger partial charge in [-0.1, -0.05) is 115 Å². The molecule has 0 heterocycles. The minimum absolute atomic E-state index is 0.153. The lowest BCUT2D eigenvalue weighted by Crippen LogP contribution is -2.12. The van der Waals surface area contributed by atoms with E-state index in [-0.39, 0.29) is 11.7 Å². The van der Waals surface area contributed by atoms with Crippen LogP contribution >= 0.6 is 0 Å². The van der Waals surface area contributed by atoms with Crippen molar-refractivity contribution in [2.75, 3.05) is 11.9 Å². The number of carbonyl (C=O) groups excluding carboxylic acids is 1. The molecule has 0 saturated heterocycles. The summed E-state index contributed by atoms with van der Waals surface area (Å²) in [7, 11) is 0. The second kappa shape index (κ2) is 20.2. The van der Waals surface area contributed by atoms with Gasteiger partial charge in [0.1, 0.15) is 11.5 Å². The molecule has 0 radical (unpaired) electrons. The molecule has 2 aromatic rings. The van der Waals surface area contributed by atoms with Crippen LogP contribution in [0.3, 0.4) is 0 Å². The third kappa shape index (κ3) is 14.9. The minimum Gasteiger partial charge on any atom is -0.508 e. The molecule has 0 aliphatic carbocycles. The fraction of sp³-hybridized carbons (Fsp3) is 0.559. The zero-order valence-corrected chi connectivity index (χ0v) is 24.0. The van der Waals surface area contributed by atoms with E-state index in [1.807, 2.05) is 24.3 Å². The van der Waals surface area contributed by atoms with Gasteiger partial charge >= 0.3 is 0 Å². The predicted molar refractivity (Wildman–Crippen MR) is 162 cm³/mol. The standard InChI is InChI=1S/C34H51NO3/c1-3-4-5-6-7-8-9-10-11-12-13-14-15-16-17-18-27-38-33-25-21-31(22-26-33)35-34(37)29(2)28-30-19-23-32(36)24-20-30/h19-26,28,36H,3-18,27H2,1-2H3,(H,35,37). The summed E-state index contributed by atoms with van der Waals surface area (Å²) in [4.78, 5) is 12.5. The number of anilines is 1. The molecule has 4 heteroatoms. The van der Waals surface area contributed by atoms with Crippen molar-refractivity contribution in [3.8, 4) is 11.5 Å². The van der Waals surface area contributed by atoms with E-state index in [9.17, 15) is 9.90 Å². The molecule has 2 rings (SSSR count). The Morgan fingerprint density at radius 1 is 0.711 bits per heavy atom. The van der Waals surface area contributed by atoms with E-state index >= 15 is 0 Å².